The summed E-state index contributed by atoms with van der Waals surface area (Å²) in [5.41, 5.74) is 1.77. The molecule has 1 atom stereocenters. The minimum atomic E-state index is -2.94. The monoisotopic (exact) mass is 301 g/mol. The van der Waals surface area contributed by atoms with E-state index >= 15 is 0 Å². The van der Waals surface area contributed by atoms with Gasteiger partial charge in [0.25, 0.3) is 0 Å². The number of hydrogen-bond acceptors (Lipinski definition) is 3. The number of nitrogens with one attached hydrogen (secondary N) is 1. The number of sulfone groups is 1. The second-order valence-corrected chi connectivity index (χ2v) is 7.60. The van der Waals surface area contributed by atoms with Crippen LogP contribution in [0, 0.1) is 12.7 Å². The van der Waals surface area contributed by atoms with E-state index in [1.54, 1.807) is 0 Å². The Labute approximate surface area is 121 Å². The first-order valence-corrected chi connectivity index (χ1v) is 9.06. The molecule has 0 amide bonds. The van der Waals surface area contributed by atoms with E-state index in [-0.39, 0.29) is 17.6 Å². The van der Waals surface area contributed by atoms with E-state index in [1.165, 1.54) is 18.4 Å². The third kappa shape index (κ3) is 6.48. The van der Waals surface area contributed by atoms with E-state index in [0.717, 1.165) is 24.1 Å². The first-order chi connectivity index (χ1) is 9.31. The quantitative estimate of drug-likeness (QED) is 0.803. The van der Waals surface area contributed by atoms with E-state index in [9.17, 15) is 12.8 Å². The van der Waals surface area contributed by atoms with Crippen molar-refractivity contribution in [3.05, 3.63) is 35.1 Å². The van der Waals surface area contributed by atoms with E-state index < -0.39 is 9.84 Å². The molecule has 1 N–H and O–H groups in total. The van der Waals surface area contributed by atoms with Crippen LogP contribution in [0.15, 0.2) is 18.2 Å². The van der Waals surface area contributed by atoms with Gasteiger partial charge in [-0.2, -0.15) is 0 Å². The molecule has 114 valence electrons. The lowest BCUT2D eigenvalue weighted by Crippen LogP contribution is -2.23. The molecule has 0 bridgehead atoms. The van der Waals surface area contributed by atoms with Gasteiger partial charge in [-0.15, -0.1) is 0 Å². The van der Waals surface area contributed by atoms with Crippen molar-refractivity contribution < 1.29 is 12.8 Å². The van der Waals surface area contributed by atoms with Gasteiger partial charge < -0.3 is 5.32 Å². The summed E-state index contributed by atoms with van der Waals surface area (Å²) in [6, 6.07) is 4.99. The Bertz CT molecular complexity index is 508. The van der Waals surface area contributed by atoms with Crippen molar-refractivity contribution in [3.63, 3.8) is 0 Å². The topological polar surface area (TPSA) is 46.2 Å². The van der Waals surface area contributed by atoms with Crippen LogP contribution in [0.5, 0.6) is 0 Å². The van der Waals surface area contributed by atoms with Crippen LogP contribution in [0.25, 0.3) is 0 Å². The normalized spacial score (nSPS) is 13.4. The number of rotatable bonds is 8. The standard InChI is InChI=1S/C15H24FNO2S/c1-4-7-17-15(6-5-8-20(3,18)19)13-9-12(2)10-14(16)11-13/h9-11,15,17H,4-8H2,1-3H3. The molecule has 0 fully saturated rings. The van der Waals surface area contributed by atoms with Gasteiger partial charge in [-0.25, -0.2) is 12.8 Å². The largest absolute Gasteiger partial charge is 0.310 e. The maximum absolute atomic E-state index is 13.5. The van der Waals surface area contributed by atoms with Crippen molar-refractivity contribution in [3.8, 4) is 0 Å². The van der Waals surface area contributed by atoms with Crippen LogP contribution in [-0.4, -0.2) is 27.0 Å². The number of hydrogen-bond donors (Lipinski definition) is 1. The van der Waals surface area contributed by atoms with Crippen molar-refractivity contribution in [2.24, 2.45) is 0 Å². The van der Waals surface area contributed by atoms with Gasteiger partial charge in [0.2, 0.25) is 0 Å². The van der Waals surface area contributed by atoms with Crippen LogP contribution in [0.4, 0.5) is 4.39 Å². The number of halogens is 1. The maximum Gasteiger partial charge on any atom is 0.147 e. The van der Waals surface area contributed by atoms with Crippen LogP contribution in [0.1, 0.15) is 43.4 Å². The second kappa shape index (κ2) is 7.74. The maximum atomic E-state index is 13.5. The molecule has 0 saturated carbocycles. The summed E-state index contributed by atoms with van der Waals surface area (Å²) in [6.07, 6.45) is 3.50. The fourth-order valence-corrected chi connectivity index (χ4v) is 2.91. The molecule has 1 aromatic carbocycles. The molecule has 5 heteroatoms. The van der Waals surface area contributed by atoms with Crippen molar-refractivity contribution in [2.75, 3.05) is 18.6 Å². The summed E-state index contributed by atoms with van der Waals surface area (Å²) in [5.74, 6) is -0.0718. The Morgan fingerprint density at radius 1 is 1.30 bits per heavy atom. The minimum Gasteiger partial charge on any atom is -0.310 e. The first-order valence-electron chi connectivity index (χ1n) is 7.00. The highest BCUT2D eigenvalue weighted by Crippen LogP contribution is 2.21. The molecule has 0 aliphatic rings. The first kappa shape index (κ1) is 17.1. The molecule has 0 aromatic heterocycles. The molecule has 0 radical (unpaired) electrons. The summed E-state index contributed by atoms with van der Waals surface area (Å²) in [5, 5.41) is 3.36. The zero-order valence-electron chi connectivity index (χ0n) is 12.4. The third-order valence-electron chi connectivity index (χ3n) is 3.12. The molecule has 0 heterocycles. The molecule has 20 heavy (non-hydrogen) atoms. The van der Waals surface area contributed by atoms with E-state index in [4.69, 9.17) is 0 Å². The minimum absolute atomic E-state index is 0.00565. The molecule has 1 unspecified atom stereocenters. The molecular weight excluding hydrogens is 277 g/mol. The fourth-order valence-electron chi connectivity index (χ4n) is 2.22. The van der Waals surface area contributed by atoms with E-state index in [1.807, 2.05) is 13.0 Å². The average Bonchev–Trinajstić information content (AvgIpc) is 2.30. The molecule has 0 spiro atoms. The smallest absolute Gasteiger partial charge is 0.147 e. The molecule has 3 nitrogen and oxygen atoms in total. The lowest BCUT2D eigenvalue weighted by atomic mass is 10.00. The van der Waals surface area contributed by atoms with Crippen molar-refractivity contribution in [1.82, 2.24) is 5.32 Å². The second-order valence-electron chi connectivity index (χ2n) is 5.34. The van der Waals surface area contributed by atoms with Crippen molar-refractivity contribution in [1.29, 1.82) is 0 Å². The lowest BCUT2D eigenvalue weighted by molar-refractivity contribution is 0.489. The summed E-state index contributed by atoms with van der Waals surface area (Å²) >= 11 is 0. The summed E-state index contributed by atoms with van der Waals surface area (Å²) < 4.78 is 35.9. The molecule has 1 rings (SSSR count). The van der Waals surface area contributed by atoms with Crippen LogP contribution in [-0.2, 0) is 9.84 Å². The van der Waals surface area contributed by atoms with Crippen molar-refractivity contribution >= 4 is 9.84 Å². The van der Waals surface area contributed by atoms with Gasteiger partial charge >= 0.3 is 0 Å². The number of aryl methyl sites for hydroxylation is 1. The van der Waals surface area contributed by atoms with Crippen molar-refractivity contribution in [2.45, 2.75) is 39.2 Å². The molecule has 0 aliphatic carbocycles. The predicted molar refractivity (Wildman–Crippen MR) is 81.1 cm³/mol. The highest BCUT2D eigenvalue weighted by Gasteiger charge is 2.13. The Balaban J connectivity index is 2.77. The van der Waals surface area contributed by atoms with E-state index in [2.05, 4.69) is 12.2 Å². The van der Waals surface area contributed by atoms with Gasteiger partial charge in [0.05, 0.1) is 0 Å². The van der Waals surface area contributed by atoms with Crippen LogP contribution < -0.4 is 5.32 Å². The lowest BCUT2D eigenvalue weighted by Gasteiger charge is -2.19. The molecule has 0 aliphatic heterocycles. The average molecular weight is 301 g/mol. The summed E-state index contributed by atoms with van der Waals surface area (Å²) in [4.78, 5) is 0. The van der Waals surface area contributed by atoms with Gasteiger partial charge in [0.1, 0.15) is 15.7 Å². The Morgan fingerprint density at radius 2 is 2.00 bits per heavy atom. The van der Waals surface area contributed by atoms with Gasteiger partial charge in [-0.1, -0.05) is 13.0 Å². The predicted octanol–water partition coefficient (Wildman–Crippen LogP) is 3.00. The third-order valence-corrected chi connectivity index (χ3v) is 4.15. The molecule has 0 saturated heterocycles. The molecular formula is C15H24FNO2S. The molecule has 1 aromatic rings. The SMILES string of the molecule is CCCNC(CCCS(C)(=O)=O)c1cc(C)cc(F)c1. The van der Waals surface area contributed by atoms with Crippen LogP contribution >= 0.6 is 0 Å². The zero-order valence-corrected chi connectivity index (χ0v) is 13.3. The highest BCUT2D eigenvalue weighted by atomic mass is 32.2. The van der Waals surface area contributed by atoms with Gasteiger partial charge in [-0.05, 0) is 56.0 Å². The zero-order chi connectivity index (χ0) is 15.2. The van der Waals surface area contributed by atoms with Crippen LogP contribution in [0.3, 0.4) is 0 Å². The number of benzene rings is 1. The van der Waals surface area contributed by atoms with E-state index in [0.29, 0.717) is 12.8 Å². The highest BCUT2D eigenvalue weighted by molar-refractivity contribution is 7.90. The van der Waals surface area contributed by atoms with Gasteiger partial charge in [0, 0.05) is 18.1 Å². The van der Waals surface area contributed by atoms with Crippen LogP contribution in [0.2, 0.25) is 0 Å². The summed E-state index contributed by atoms with van der Waals surface area (Å²) in [7, 11) is -2.94. The van der Waals surface area contributed by atoms with Gasteiger partial charge in [-0.3, -0.25) is 0 Å². The summed E-state index contributed by atoms with van der Waals surface area (Å²) in [6.45, 7) is 4.76. The Hall–Kier alpha value is -0.940. The fraction of sp³-hybridized carbons (Fsp3) is 0.600. The van der Waals surface area contributed by atoms with Gasteiger partial charge in [0.15, 0.2) is 0 Å². The Morgan fingerprint density at radius 3 is 2.55 bits per heavy atom. The Kier molecular flexibility index (Phi) is 6.62.